The molecule has 0 bridgehead atoms. The van der Waals surface area contributed by atoms with E-state index in [4.69, 9.17) is 16.3 Å². The molecule has 4 nitrogen and oxygen atoms in total. The molecule has 1 N–H and O–H groups in total. The molecule has 0 amide bonds. The quantitative estimate of drug-likeness (QED) is 0.601. The third-order valence-corrected chi connectivity index (χ3v) is 4.49. The average molecular weight is 377 g/mol. The first kappa shape index (κ1) is 18.5. The largest absolute Gasteiger partial charge is 0.504 e. The monoisotopic (exact) mass is 376 g/mol. The molecule has 5 heteroatoms. The molecule has 3 rings (SSSR count). The van der Waals surface area contributed by atoms with Crippen molar-refractivity contribution in [3.63, 3.8) is 0 Å². The Kier molecular flexibility index (Phi) is 5.75. The predicted octanol–water partition coefficient (Wildman–Crippen LogP) is 5.46. The fraction of sp³-hybridized carbons (Fsp3) is 0.0909. The number of benzene rings is 3. The number of hydrogen-bond acceptors (Lipinski definition) is 4. The van der Waals surface area contributed by atoms with E-state index in [0.717, 1.165) is 11.1 Å². The number of ether oxygens (including phenoxy) is 1. The van der Waals surface area contributed by atoms with Crippen LogP contribution in [0.15, 0.2) is 71.7 Å². The van der Waals surface area contributed by atoms with Gasteiger partial charge in [0.25, 0.3) is 0 Å². The predicted molar refractivity (Wildman–Crippen MR) is 107 cm³/mol. The number of phenols is 1. The molecule has 0 spiro atoms. The smallest absolute Gasteiger partial charge is 0.166 e. The molecule has 0 aliphatic rings. The van der Waals surface area contributed by atoms with Crippen molar-refractivity contribution < 1.29 is 9.84 Å². The SMILES string of the molecule is COc1cccc(C=Nc2ccc([C@@H](C#N)c3ccccc3)c(Cl)c2)c1O. The molecule has 0 unspecified atom stereocenters. The number of nitriles is 1. The highest BCUT2D eigenvalue weighted by molar-refractivity contribution is 6.31. The number of aliphatic imine (C=N–C) groups is 1. The first-order chi connectivity index (χ1) is 13.1. The van der Waals surface area contributed by atoms with Gasteiger partial charge in [0, 0.05) is 16.8 Å². The van der Waals surface area contributed by atoms with E-state index in [-0.39, 0.29) is 5.75 Å². The van der Waals surface area contributed by atoms with E-state index in [0.29, 0.717) is 22.0 Å². The third-order valence-electron chi connectivity index (χ3n) is 4.16. The fourth-order valence-corrected chi connectivity index (χ4v) is 3.04. The Balaban J connectivity index is 1.88. The van der Waals surface area contributed by atoms with E-state index in [1.807, 2.05) is 30.3 Å². The van der Waals surface area contributed by atoms with Gasteiger partial charge in [-0.25, -0.2) is 0 Å². The van der Waals surface area contributed by atoms with E-state index in [9.17, 15) is 10.4 Å². The van der Waals surface area contributed by atoms with Crippen LogP contribution in [0, 0.1) is 11.3 Å². The minimum absolute atomic E-state index is 0.0279. The maximum atomic E-state index is 10.1. The van der Waals surface area contributed by atoms with Gasteiger partial charge in [-0.3, -0.25) is 4.99 Å². The maximum Gasteiger partial charge on any atom is 0.166 e. The number of methoxy groups -OCH3 is 1. The molecule has 0 radical (unpaired) electrons. The van der Waals surface area contributed by atoms with Crippen LogP contribution in [0.1, 0.15) is 22.6 Å². The first-order valence-corrected chi connectivity index (χ1v) is 8.66. The van der Waals surface area contributed by atoms with Crippen molar-refractivity contribution in [2.75, 3.05) is 7.11 Å². The van der Waals surface area contributed by atoms with Crippen molar-refractivity contribution >= 4 is 23.5 Å². The lowest BCUT2D eigenvalue weighted by atomic mass is 9.92. The van der Waals surface area contributed by atoms with Crippen molar-refractivity contribution in [2.24, 2.45) is 4.99 Å². The lowest BCUT2D eigenvalue weighted by Crippen LogP contribution is -1.98. The van der Waals surface area contributed by atoms with Crippen LogP contribution in [0.4, 0.5) is 5.69 Å². The summed E-state index contributed by atoms with van der Waals surface area (Å²) in [5, 5.41) is 20.2. The topological polar surface area (TPSA) is 65.6 Å². The number of nitrogens with zero attached hydrogens (tertiary/aromatic N) is 2. The van der Waals surface area contributed by atoms with E-state index in [1.54, 1.807) is 42.6 Å². The number of hydrogen-bond donors (Lipinski definition) is 1. The summed E-state index contributed by atoms with van der Waals surface area (Å²) in [5.74, 6) is -0.0358. The van der Waals surface area contributed by atoms with Gasteiger partial charge in [0.1, 0.15) is 0 Å². The number of aromatic hydroxyl groups is 1. The first-order valence-electron chi connectivity index (χ1n) is 8.28. The molecule has 27 heavy (non-hydrogen) atoms. The molecular formula is C22H17ClN2O2. The van der Waals surface area contributed by atoms with Crippen molar-refractivity contribution in [1.29, 1.82) is 5.26 Å². The normalized spacial score (nSPS) is 11.9. The number of rotatable bonds is 5. The second-order valence-corrected chi connectivity index (χ2v) is 6.24. The molecule has 0 fully saturated rings. The lowest BCUT2D eigenvalue weighted by Gasteiger charge is -2.12. The summed E-state index contributed by atoms with van der Waals surface area (Å²) < 4.78 is 5.09. The van der Waals surface area contributed by atoms with Gasteiger partial charge in [-0.15, -0.1) is 0 Å². The molecule has 134 valence electrons. The summed E-state index contributed by atoms with van der Waals surface area (Å²) >= 11 is 6.42. The molecular weight excluding hydrogens is 360 g/mol. The van der Waals surface area contributed by atoms with E-state index >= 15 is 0 Å². The van der Waals surface area contributed by atoms with Crippen LogP contribution in [0.5, 0.6) is 11.5 Å². The van der Waals surface area contributed by atoms with Gasteiger partial charge >= 0.3 is 0 Å². The van der Waals surface area contributed by atoms with Gasteiger partial charge < -0.3 is 9.84 Å². The number of phenolic OH excluding ortho intramolecular Hbond substituents is 1. The van der Waals surface area contributed by atoms with Crippen LogP contribution in [0.25, 0.3) is 0 Å². The fourth-order valence-electron chi connectivity index (χ4n) is 2.75. The zero-order valence-electron chi connectivity index (χ0n) is 14.6. The Bertz CT molecular complexity index is 1010. The molecule has 0 aliphatic carbocycles. The molecule has 0 aliphatic heterocycles. The Labute approximate surface area is 163 Å². The van der Waals surface area contributed by atoms with E-state index < -0.39 is 5.92 Å². The van der Waals surface area contributed by atoms with Crippen molar-refractivity contribution in [1.82, 2.24) is 0 Å². The van der Waals surface area contributed by atoms with Gasteiger partial charge in [0.05, 0.1) is 24.8 Å². The highest BCUT2D eigenvalue weighted by Crippen LogP contribution is 2.33. The van der Waals surface area contributed by atoms with Gasteiger partial charge in [0.15, 0.2) is 11.5 Å². The molecule has 3 aromatic rings. The van der Waals surface area contributed by atoms with Crippen LogP contribution in [-0.4, -0.2) is 18.4 Å². The second-order valence-electron chi connectivity index (χ2n) is 5.83. The Morgan fingerprint density at radius 3 is 2.56 bits per heavy atom. The zero-order valence-corrected chi connectivity index (χ0v) is 15.4. The summed E-state index contributed by atoms with van der Waals surface area (Å²) in [6, 6.07) is 22.3. The molecule has 0 aromatic heterocycles. The molecule has 0 heterocycles. The highest BCUT2D eigenvalue weighted by atomic mass is 35.5. The van der Waals surface area contributed by atoms with Crippen molar-refractivity contribution in [3.05, 3.63) is 88.4 Å². The van der Waals surface area contributed by atoms with Crippen LogP contribution in [0.2, 0.25) is 5.02 Å². The molecule has 3 aromatic carbocycles. The van der Waals surface area contributed by atoms with Gasteiger partial charge in [0.2, 0.25) is 0 Å². The van der Waals surface area contributed by atoms with Gasteiger partial charge in [-0.2, -0.15) is 5.26 Å². The summed E-state index contributed by atoms with van der Waals surface area (Å²) in [7, 11) is 1.49. The van der Waals surface area contributed by atoms with Gasteiger partial charge in [-0.05, 0) is 35.4 Å². The number of para-hydroxylation sites is 1. The van der Waals surface area contributed by atoms with Crippen molar-refractivity contribution in [2.45, 2.75) is 5.92 Å². The summed E-state index contributed by atoms with van der Waals surface area (Å²) in [6.07, 6.45) is 1.54. The van der Waals surface area contributed by atoms with E-state index in [1.165, 1.54) is 7.11 Å². The Morgan fingerprint density at radius 2 is 1.89 bits per heavy atom. The lowest BCUT2D eigenvalue weighted by molar-refractivity contribution is 0.373. The Morgan fingerprint density at radius 1 is 1.11 bits per heavy atom. The maximum absolute atomic E-state index is 10.1. The van der Waals surface area contributed by atoms with Crippen LogP contribution < -0.4 is 4.74 Å². The zero-order chi connectivity index (χ0) is 19.2. The van der Waals surface area contributed by atoms with E-state index in [2.05, 4.69) is 11.1 Å². The summed E-state index contributed by atoms with van der Waals surface area (Å²) in [5.41, 5.74) is 2.78. The molecule has 1 atom stereocenters. The average Bonchev–Trinajstić information content (AvgIpc) is 2.70. The summed E-state index contributed by atoms with van der Waals surface area (Å²) in [6.45, 7) is 0. The molecule has 0 saturated heterocycles. The number of halogens is 1. The molecule has 0 saturated carbocycles. The van der Waals surface area contributed by atoms with Crippen molar-refractivity contribution in [3.8, 4) is 17.6 Å². The van der Waals surface area contributed by atoms with Crippen LogP contribution >= 0.6 is 11.6 Å². The standard InChI is InChI=1S/C22H17ClN2O2/c1-27-21-9-5-8-16(22(21)26)14-25-17-10-11-18(20(23)12-17)19(13-24)15-6-3-2-4-7-15/h2-12,14,19,26H,1H3/t19-/m0/s1. The second kappa shape index (κ2) is 8.39. The third kappa shape index (κ3) is 4.11. The minimum Gasteiger partial charge on any atom is -0.504 e. The van der Waals surface area contributed by atoms with Crippen LogP contribution in [0.3, 0.4) is 0 Å². The Hall–Kier alpha value is -3.29. The highest BCUT2D eigenvalue weighted by Gasteiger charge is 2.16. The minimum atomic E-state index is -0.445. The van der Waals surface area contributed by atoms with Crippen LogP contribution in [-0.2, 0) is 0 Å². The van der Waals surface area contributed by atoms with Gasteiger partial charge in [-0.1, -0.05) is 54.1 Å². The summed E-state index contributed by atoms with van der Waals surface area (Å²) in [4.78, 5) is 4.36.